The van der Waals surface area contributed by atoms with Crippen LogP contribution >= 0.6 is 28.1 Å². The summed E-state index contributed by atoms with van der Waals surface area (Å²) in [6.45, 7) is 3.35. The summed E-state index contributed by atoms with van der Waals surface area (Å²) >= 11 is 8.69. The van der Waals surface area contributed by atoms with E-state index in [1.54, 1.807) is 54.5 Å². The molecule has 7 nitrogen and oxygen atoms in total. The topological polar surface area (TPSA) is 79.9 Å². The standard InChI is InChI=1S/C26H26BrN3O4S/c1-3-30(21-7-5-4-6-8-21)25(32)18-9-12-20(13-10-18)28-26(35)29-24(31)19-11-14-23(22(27)17-19)34-16-15-33-2/h4-14,17H,3,15-16H2,1-2H3,(H2,28,29,31,35). The van der Waals surface area contributed by atoms with Crippen LogP contribution in [0.15, 0.2) is 77.3 Å². The van der Waals surface area contributed by atoms with Crippen molar-refractivity contribution >= 4 is 56.4 Å². The van der Waals surface area contributed by atoms with Gasteiger partial charge in [-0.2, -0.15) is 0 Å². The fraction of sp³-hybridized carbons (Fsp3) is 0.192. The zero-order chi connectivity index (χ0) is 25.2. The average Bonchev–Trinajstić information content (AvgIpc) is 2.86. The summed E-state index contributed by atoms with van der Waals surface area (Å²) in [5, 5.41) is 5.77. The van der Waals surface area contributed by atoms with Gasteiger partial charge in [0.05, 0.1) is 11.1 Å². The minimum absolute atomic E-state index is 0.0960. The molecule has 2 N–H and O–H groups in total. The third-order valence-electron chi connectivity index (χ3n) is 4.99. The van der Waals surface area contributed by atoms with Crippen LogP contribution < -0.4 is 20.3 Å². The first-order valence-electron chi connectivity index (χ1n) is 10.9. The molecule has 3 aromatic carbocycles. The zero-order valence-corrected chi connectivity index (χ0v) is 21.8. The second-order valence-electron chi connectivity index (χ2n) is 7.36. The first-order chi connectivity index (χ1) is 16.9. The molecular formula is C26H26BrN3O4S. The van der Waals surface area contributed by atoms with E-state index >= 15 is 0 Å². The predicted octanol–water partition coefficient (Wildman–Crippen LogP) is 5.27. The number of amides is 2. The Bertz CT molecular complexity index is 1170. The van der Waals surface area contributed by atoms with E-state index in [2.05, 4.69) is 26.6 Å². The molecule has 3 aromatic rings. The van der Waals surface area contributed by atoms with E-state index in [1.807, 2.05) is 37.3 Å². The fourth-order valence-electron chi connectivity index (χ4n) is 3.24. The third kappa shape index (κ3) is 7.35. The molecule has 182 valence electrons. The highest BCUT2D eigenvalue weighted by atomic mass is 79.9. The van der Waals surface area contributed by atoms with Crippen molar-refractivity contribution in [3.05, 3.63) is 88.4 Å². The van der Waals surface area contributed by atoms with E-state index in [4.69, 9.17) is 21.7 Å². The number of methoxy groups -OCH3 is 1. The Morgan fingerprint density at radius 1 is 0.971 bits per heavy atom. The fourth-order valence-corrected chi connectivity index (χ4v) is 3.94. The number of carbonyl (C=O) groups is 2. The minimum atomic E-state index is -0.361. The van der Waals surface area contributed by atoms with E-state index in [0.717, 1.165) is 5.69 Å². The molecule has 0 aliphatic heterocycles. The monoisotopic (exact) mass is 555 g/mol. The number of hydrogen-bond donors (Lipinski definition) is 2. The minimum Gasteiger partial charge on any atom is -0.490 e. The molecular weight excluding hydrogens is 530 g/mol. The van der Waals surface area contributed by atoms with E-state index in [9.17, 15) is 9.59 Å². The Labute approximate surface area is 218 Å². The highest BCUT2D eigenvalue weighted by molar-refractivity contribution is 9.10. The summed E-state index contributed by atoms with van der Waals surface area (Å²) in [4.78, 5) is 27.2. The van der Waals surface area contributed by atoms with Crippen molar-refractivity contribution in [2.24, 2.45) is 0 Å². The molecule has 0 radical (unpaired) electrons. The molecule has 0 saturated carbocycles. The van der Waals surface area contributed by atoms with Gasteiger partial charge in [-0.05, 0) is 89.7 Å². The molecule has 3 rings (SSSR count). The molecule has 0 atom stereocenters. The highest BCUT2D eigenvalue weighted by Gasteiger charge is 2.16. The largest absolute Gasteiger partial charge is 0.490 e. The van der Waals surface area contributed by atoms with Gasteiger partial charge in [-0.1, -0.05) is 18.2 Å². The van der Waals surface area contributed by atoms with Gasteiger partial charge in [0.25, 0.3) is 11.8 Å². The lowest BCUT2D eigenvalue weighted by atomic mass is 10.1. The van der Waals surface area contributed by atoms with Crippen LogP contribution in [0.2, 0.25) is 0 Å². The summed E-state index contributed by atoms with van der Waals surface area (Å²) in [5.74, 6) is 0.157. The average molecular weight is 556 g/mol. The van der Waals surface area contributed by atoms with Gasteiger partial charge in [-0.15, -0.1) is 0 Å². The lowest BCUT2D eigenvalue weighted by Crippen LogP contribution is -2.34. The molecule has 0 unspecified atom stereocenters. The maximum absolute atomic E-state index is 12.9. The number of anilines is 2. The van der Waals surface area contributed by atoms with Crippen LogP contribution in [0.1, 0.15) is 27.6 Å². The van der Waals surface area contributed by atoms with Crippen molar-refractivity contribution in [2.45, 2.75) is 6.92 Å². The number of para-hydroxylation sites is 1. The number of thiocarbonyl (C=S) groups is 1. The van der Waals surface area contributed by atoms with Crippen molar-refractivity contribution in [3.8, 4) is 5.75 Å². The number of carbonyl (C=O) groups excluding carboxylic acids is 2. The van der Waals surface area contributed by atoms with E-state index in [0.29, 0.717) is 46.8 Å². The van der Waals surface area contributed by atoms with Crippen molar-refractivity contribution in [1.29, 1.82) is 0 Å². The van der Waals surface area contributed by atoms with Gasteiger partial charge in [-0.3, -0.25) is 14.9 Å². The van der Waals surface area contributed by atoms with Gasteiger partial charge in [0.1, 0.15) is 12.4 Å². The van der Waals surface area contributed by atoms with Crippen molar-refractivity contribution in [3.63, 3.8) is 0 Å². The second kappa shape index (κ2) is 13.0. The maximum atomic E-state index is 12.9. The Balaban J connectivity index is 1.58. The summed E-state index contributed by atoms with van der Waals surface area (Å²) in [5.41, 5.74) is 2.46. The molecule has 2 amide bonds. The van der Waals surface area contributed by atoms with Crippen molar-refractivity contribution in [1.82, 2.24) is 5.32 Å². The lowest BCUT2D eigenvalue weighted by Gasteiger charge is -2.21. The van der Waals surface area contributed by atoms with Gasteiger partial charge in [-0.25, -0.2) is 0 Å². The number of hydrogen-bond acceptors (Lipinski definition) is 5. The number of nitrogens with one attached hydrogen (secondary N) is 2. The molecule has 0 spiro atoms. The Kier molecular flexibility index (Phi) is 9.77. The normalized spacial score (nSPS) is 10.4. The predicted molar refractivity (Wildman–Crippen MR) is 145 cm³/mol. The summed E-state index contributed by atoms with van der Waals surface area (Å²) in [7, 11) is 1.60. The van der Waals surface area contributed by atoms with Crippen LogP contribution in [0.4, 0.5) is 11.4 Å². The molecule has 9 heteroatoms. The van der Waals surface area contributed by atoms with Gasteiger partial charge in [0.2, 0.25) is 0 Å². The first kappa shape index (κ1) is 26.3. The van der Waals surface area contributed by atoms with E-state index in [1.165, 1.54) is 0 Å². The lowest BCUT2D eigenvalue weighted by molar-refractivity contribution is 0.0973. The maximum Gasteiger partial charge on any atom is 0.258 e. The first-order valence-corrected chi connectivity index (χ1v) is 12.1. The Morgan fingerprint density at radius 2 is 1.66 bits per heavy atom. The number of halogens is 1. The van der Waals surface area contributed by atoms with E-state index < -0.39 is 0 Å². The van der Waals surface area contributed by atoms with E-state index in [-0.39, 0.29) is 16.9 Å². The summed E-state index contributed by atoms with van der Waals surface area (Å²) in [6, 6.07) is 21.5. The molecule has 0 aliphatic carbocycles. The quantitative estimate of drug-likeness (QED) is 0.276. The molecule has 35 heavy (non-hydrogen) atoms. The van der Waals surface area contributed by atoms with Crippen LogP contribution in [0.25, 0.3) is 0 Å². The van der Waals surface area contributed by atoms with Gasteiger partial charge in [0.15, 0.2) is 5.11 Å². The molecule has 0 aliphatic rings. The van der Waals surface area contributed by atoms with Crippen LogP contribution in [0, 0.1) is 0 Å². The number of benzene rings is 3. The zero-order valence-electron chi connectivity index (χ0n) is 19.4. The van der Waals surface area contributed by atoms with Crippen molar-refractivity contribution < 1.29 is 19.1 Å². The molecule has 0 fully saturated rings. The van der Waals surface area contributed by atoms with Gasteiger partial charge in [0, 0.05) is 36.2 Å². The van der Waals surface area contributed by atoms with Gasteiger partial charge < -0.3 is 19.7 Å². The van der Waals surface area contributed by atoms with Crippen LogP contribution in [0.5, 0.6) is 5.75 Å². The number of rotatable bonds is 9. The second-order valence-corrected chi connectivity index (χ2v) is 8.62. The van der Waals surface area contributed by atoms with Crippen molar-refractivity contribution in [2.75, 3.05) is 37.1 Å². The van der Waals surface area contributed by atoms with Gasteiger partial charge >= 0.3 is 0 Å². The third-order valence-corrected chi connectivity index (χ3v) is 5.81. The number of ether oxygens (including phenoxy) is 2. The smallest absolute Gasteiger partial charge is 0.258 e. The summed E-state index contributed by atoms with van der Waals surface area (Å²) < 4.78 is 11.2. The Morgan fingerprint density at radius 3 is 2.29 bits per heavy atom. The molecule has 0 saturated heterocycles. The molecule has 0 aromatic heterocycles. The highest BCUT2D eigenvalue weighted by Crippen LogP contribution is 2.26. The van der Waals surface area contributed by atoms with Crippen LogP contribution in [-0.4, -0.2) is 43.8 Å². The Hall–Kier alpha value is -3.27. The summed E-state index contributed by atoms with van der Waals surface area (Å²) in [6.07, 6.45) is 0. The van der Waals surface area contributed by atoms with Crippen LogP contribution in [0.3, 0.4) is 0 Å². The number of nitrogens with zero attached hydrogens (tertiary/aromatic N) is 1. The SMILES string of the molecule is CCN(C(=O)c1ccc(NC(=S)NC(=O)c2ccc(OCCOC)c(Br)c2)cc1)c1ccccc1. The molecule has 0 bridgehead atoms. The molecule has 0 heterocycles. The van der Waals surface area contributed by atoms with Crippen LogP contribution in [-0.2, 0) is 4.74 Å².